The van der Waals surface area contributed by atoms with E-state index in [9.17, 15) is 0 Å². The van der Waals surface area contributed by atoms with Crippen LogP contribution in [-0.2, 0) is 0 Å². The minimum atomic E-state index is -0.839. The molecule has 3 heteroatoms. The van der Waals surface area contributed by atoms with Crippen LogP contribution in [0.2, 0.25) is 28.8 Å². The Morgan fingerprint density at radius 3 is 1.61 bits per heavy atom. The van der Waals surface area contributed by atoms with Gasteiger partial charge in [-0.1, -0.05) is 0 Å². The number of unbranched alkanes of at least 4 members (excludes halogenated alkanes) is 3. The van der Waals surface area contributed by atoms with Crippen LogP contribution in [0.15, 0.2) is 0 Å². The normalized spacial score (nSPS) is 20.1. The average molecular weight is 629 g/mol. The maximum atomic E-state index is 3.12. The quantitative estimate of drug-likeness (QED) is 0.141. The zero-order valence-corrected chi connectivity index (χ0v) is 26.6. The second kappa shape index (κ2) is 19.5. The number of hydrogen-bond donors (Lipinski definition) is 0. The summed E-state index contributed by atoms with van der Waals surface area (Å²) in [5.41, 5.74) is 0.552. The third kappa shape index (κ3) is 16.5. The van der Waals surface area contributed by atoms with E-state index in [1.54, 1.807) is 13.3 Å². The van der Waals surface area contributed by atoms with Crippen molar-refractivity contribution in [3.63, 3.8) is 0 Å². The first-order valence-electron chi connectivity index (χ1n) is 12.4. The van der Waals surface area contributed by atoms with Crippen molar-refractivity contribution in [3.8, 4) is 0 Å². The summed E-state index contributed by atoms with van der Waals surface area (Å²) in [6.07, 6.45) is 16.3. The molecule has 1 aliphatic rings. The molecule has 0 saturated heterocycles. The van der Waals surface area contributed by atoms with Crippen molar-refractivity contribution in [2.75, 3.05) is 0 Å². The van der Waals surface area contributed by atoms with Gasteiger partial charge in [0.1, 0.15) is 0 Å². The van der Waals surface area contributed by atoms with Gasteiger partial charge in [-0.3, -0.25) is 0 Å². The monoisotopic (exact) mass is 632 g/mol. The van der Waals surface area contributed by atoms with Gasteiger partial charge in [-0.05, 0) is 0 Å². The molecule has 0 nitrogen and oxygen atoms in total. The zero-order chi connectivity index (χ0) is 21.3. The molecule has 28 heavy (non-hydrogen) atoms. The average Bonchev–Trinajstić information content (AvgIpc) is 2.68. The third-order valence-corrected chi connectivity index (χ3v) is 19.0. The Morgan fingerprint density at radius 2 is 1.25 bits per heavy atom. The Morgan fingerprint density at radius 1 is 0.786 bits per heavy atom. The Kier molecular flexibility index (Phi) is 20.8. The molecular formula is C25H52Se2Sn. The van der Waals surface area contributed by atoms with Crippen LogP contribution in [0.1, 0.15) is 112 Å². The molecule has 0 bridgehead atoms. The summed E-state index contributed by atoms with van der Waals surface area (Å²) in [5, 5.41) is 2.77. The molecule has 0 amide bonds. The van der Waals surface area contributed by atoms with Crippen molar-refractivity contribution in [3.05, 3.63) is 0 Å². The van der Waals surface area contributed by atoms with Crippen molar-refractivity contribution in [1.29, 1.82) is 0 Å². The fourth-order valence-electron chi connectivity index (χ4n) is 4.06. The Bertz CT molecular complexity index is 300. The van der Waals surface area contributed by atoms with Crippen molar-refractivity contribution in [1.82, 2.24) is 0 Å². The van der Waals surface area contributed by atoms with Crippen LogP contribution < -0.4 is 0 Å². The van der Waals surface area contributed by atoms with Gasteiger partial charge in [0.25, 0.3) is 0 Å². The molecule has 0 spiro atoms. The summed E-state index contributed by atoms with van der Waals surface area (Å²) in [5.74, 6) is 0.990. The van der Waals surface area contributed by atoms with Crippen LogP contribution in [0.25, 0.3) is 0 Å². The van der Waals surface area contributed by atoms with Crippen LogP contribution in [0, 0.1) is 11.3 Å². The molecule has 1 fully saturated rings. The number of rotatable bonds is 13. The molecule has 168 valence electrons. The standard InChI is InChI=1S/C13H25Se2.3C4H9.Sn/c1-13(2,3)11-5-7-12(8-6-11)15-10-4-9-14;3*1-3-4-2;/h11-12H,4-10H2,1-3H3;3*1,3-4H2,2H3;. The summed E-state index contributed by atoms with van der Waals surface area (Å²) in [7, 11) is 0. The van der Waals surface area contributed by atoms with E-state index in [2.05, 4.69) is 57.6 Å². The van der Waals surface area contributed by atoms with Gasteiger partial charge in [-0.25, -0.2) is 0 Å². The SMILES string of the molecule is CC(C)(C)C1CCC([Se]CCC[Se])CC1.CCC[CH2][Sn]([CH2]CCC)[CH2]CCC. The molecule has 0 aromatic heterocycles. The first-order valence-corrected chi connectivity index (χ1v) is 21.9. The van der Waals surface area contributed by atoms with E-state index in [0.29, 0.717) is 5.41 Å². The van der Waals surface area contributed by atoms with Crippen molar-refractivity contribution < 1.29 is 0 Å². The van der Waals surface area contributed by atoms with E-state index in [1.807, 2.05) is 0 Å². The van der Waals surface area contributed by atoms with Gasteiger partial charge in [0.15, 0.2) is 0 Å². The van der Waals surface area contributed by atoms with Crippen LogP contribution in [-0.4, -0.2) is 50.7 Å². The van der Waals surface area contributed by atoms with Gasteiger partial charge in [0.2, 0.25) is 0 Å². The molecule has 0 atom stereocenters. The van der Waals surface area contributed by atoms with Gasteiger partial charge < -0.3 is 0 Å². The fraction of sp³-hybridized carbons (Fsp3) is 1.00. The summed E-state index contributed by atoms with van der Waals surface area (Å²) >= 11 is 3.22. The summed E-state index contributed by atoms with van der Waals surface area (Å²) in [6, 6.07) is 0. The molecular weight excluding hydrogens is 577 g/mol. The predicted octanol–water partition coefficient (Wildman–Crippen LogP) is 8.99. The molecule has 0 aromatic carbocycles. The van der Waals surface area contributed by atoms with Gasteiger partial charge in [-0.2, -0.15) is 0 Å². The zero-order valence-electron chi connectivity index (χ0n) is 20.3. The Balaban J connectivity index is 0.000000528. The maximum absolute atomic E-state index is 3.12. The molecule has 1 saturated carbocycles. The summed E-state index contributed by atoms with van der Waals surface area (Å²) in [6.45, 7) is 14.2. The second-order valence-electron chi connectivity index (χ2n) is 9.83. The van der Waals surface area contributed by atoms with Gasteiger partial charge in [0, 0.05) is 0 Å². The van der Waals surface area contributed by atoms with Gasteiger partial charge in [0.05, 0.1) is 0 Å². The predicted molar refractivity (Wildman–Crippen MR) is 136 cm³/mol. The molecule has 0 aromatic rings. The van der Waals surface area contributed by atoms with Crippen LogP contribution in [0.4, 0.5) is 0 Å². The molecule has 1 aliphatic carbocycles. The van der Waals surface area contributed by atoms with Crippen LogP contribution >= 0.6 is 0 Å². The van der Waals surface area contributed by atoms with Crippen LogP contribution in [0.5, 0.6) is 0 Å². The van der Waals surface area contributed by atoms with E-state index < -0.39 is 19.8 Å². The summed E-state index contributed by atoms with van der Waals surface area (Å²) in [4.78, 5) is 1.11. The minimum absolute atomic E-state index is 0.552. The molecule has 0 heterocycles. The fourth-order valence-corrected chi connectivity index (χ4v) is 17.4. The molecule has 0 unspecified atom stereocenters. The van der Waals surface area contributed by atoms with Crippen molar-refractivity contribution in [2.24, 2.45) is 11.3 Å². The molecule has 1 rings (SSSR count). The molecule has 2 radical (unpaired) electrons. The van der Waals surface area contributed by atoms with E-state index in [-0.39, 0.29) is 0 Å². The van der Waals surface area contributed by atoms with Gasteiger partial charge in [-0.15, -0.1) is 0 Å². The van der Waals surface area contributed by atoms with Crippen molar-refractivity contribution >= 4 is 50.7 Å². The van der Waals surface area contributed by atoms with Gasteiger partial charge >= 0.3 is 203 Å². The topological polar surface area (TPSA) is 0 Å². The van der Waals surface area contributed by atoms with Crippen LogP contribution in [0.3, 0.4) is 0 Å². The second-order valence-corrected chi connectivity index (χ2v) is 22.2. The van der Waals surface area contributed by atoms with E-state index >= 15 is 0 Å². The van der Waals surface area contributed by atoms with E-state index in [4.69, 9.17) is 0 Å². The summed E-state index contributed by atoms with van der Waals surface area (Å²) < 4.78 is 5.04. The Hall–Kier alpha value is 1.84. The van der Waals surface area contributed by atoms with E-state index in [0.717, 1.165) is 25.7 Å². The first kappa shape index (κ1) is 29.8. The van der Waals surface area contributed by atoms with Crippen molar-refractivity contribution in [2.45, 2.75) is 141 Å². The molecule has 0 N–H and O–H groups in total. The first-order chi connectivity index (χ1) is 13.4. The third-order valence-electron chi connectivity index (χ3n) is 6.19. The Labute approximate surface area is 201 Å². The number of hydrogen-bond acceptors (Lipinski definition) is 0. The molecule has 0 aliphatic heterocycles. The van der Waals surface area contributed by atoms with E-state index in [1.165, 1.54) is 81.3 Å².